The molecule has 1 atom stereocenters. The fourth-order valence-corrected chi connectivity index (χ4v) is 4.53. The van der Waals surface area contributed by atoms with Crippen LogP contribution in [0.4, 0.5) is 5.69 Å². The van der Waals surface area contributed by atoms with E-state index in [0.29, 0.717) is 19.0 Å². The number of rotatable bonds is 8. The van der Waals surface area contributed by atoms with Gasteiger partial charge in [0.15, 0.2) is 0 Å². The van der Waals surface area contributed by atoms with Crippen LogP contribution in [-0.2, 0) is 19.7 Å². The Labute approximate surface area is 165 Å². The second-order valence-electron chi connectivity index (χ2n) is 7.32. The van der Waals surface area contributed by atoms with Gasteiger partial charge in [-0.1, -0.05) is 25.1 Å². The van der Waals surface area contributed by atoms with Crippen LogP contribution >= 0.6 is 0 Å². The summed E-state index contributed by atoms with van der Waals surface area (Å²) < 4.78 is 34.6. The molecule has 0 saturated carbocycles. The van der Waals surface area contributed by atoms with Crippen LogP contribution in [0.25, 0.3) is 0 Å². The third kappa shape index (κ3) is 5.98. The Morgan fingerprint density at radius 3 is 2.50 bits per heavy atom. The zero-order chi connectivity index (χ0) is 20.9. The van der Waals surface area contributed by atoms with E-state index < -0.39 is 27.1 Å². The number of para-hydroxylation sites is 1. The minimum atomic E-state index is -3.92. The number of nitrogens with zero attached hydrogens (tertiary/aromatic N) is 2. The van der Waals surface area contributed by atoms with Gasteiger partial charge in [0.05, 0.1) is 23.5 Å². The average Bonchev–Trinajstić information content (AvgIpc) is 2.60. The van der Waals surface area contributed by atoms with Gasteiger partial charge < -0.3 is 4.74 Å². The second-order valence-corrected chi connectivity index (χ2v) is 9.02. The van der Waals surface area contributed by atoms with Gasteiger partial charge in [0.25, 0.3) is 15.9 Å². The van der Waals surface area contributed by atoms with Crippen molar-refractivity contribution in [3.63, 3.8) is 0 Å². The fraction of sp³-hybridized carbons (Fsp3) is 0.611. The lowest BCUT2D eigenvalue weighted by molar-refractivity contribution is -0.385. The van der Waals surface area contributed by atoms with Gasteiger partial charge in [0, 0.05) is 24.7 Å². The van der Waals surface area contributed by atoms with Crippen molar-refractivity contribution in [3.05, 3.63) is 39.9 Å². The van der Waals surface area contributed by atoms with Gasteiger partial charge in [-0.25, -0.2) is 0 Å². The van der Waals surface area contributed by atoms with Crippen LogP contribution in [0.2, 0.25) is 0 Å². The zero-order valence-electron chi connectivity index (χ0n) is 16.3. The third-order valence-electron chi connectivity index (χ3n) is 4.62. The molecule has 1 aromatic carbocycles. The van der Waals surface area contributed by atoms with Crippen molar-refractivity contribution in [1.29, 1.82) is 0 Å². The van der Waals surface area contributed by atoms with E-state index in [4.69, 9.17) is 4.74 Å². The molecular weight excluding hydrogens is 386 g/mol. The highest BCUT2D eigenvalue weighted by Crippen LogP contribution is 2.29. The first-order valence-corrected chi connectivity index (χ1v) is 10.7. The van der Waals surface area contributed by atoms with E-state index in [1.165, 1.54) is 22.5 Å². The predicted octanol–water partition coefficient (Wildman–Crippen LogP) is 2.54. The second kappa shape index (κ2) is 9.44. The van der Waals surface area contributed by atoms with Crippen molar-refractivity contribution >= 4 is 21.9 Å². The molecule has 1 aliphatic heterocycles. The van der Waals surface area contributed by atoms with Crippen molar-refractivity contribution in [3.8, 4) is 0 Å². The topological polar surface area (TPSA) is 119 Å². The summed E-state index contributed by atoms with van der Waals surface area (Å²) in [4.78, 5) is 23.0. The predicted molar refractivity (Wildman–Crippen MR) is 104 cm³/mol. The number of esters is 1. The molecule has 1 N–H and O–H groups in total. The number of nitrogens with one attached hydrogen (secondary N) is 1. The summed E-state index contributed by atoms with van der Waals surface area (Å²) in [7, 11) is -3.92. The Hall–Kier alpha value is -2.04. The Morgan fingerprint density at radius 1 is 1.32 bits per heavy atom. The maximum absolute atomic E-state index is 12.9. The van der Waals surface area contributed by atoms with E-state index in [1.807, 2.05) is 0 Å². The quantitative estimate of drug-likeness (QED) is 0.397. The Balaban J connectivity index is 2.31. The van der Waals surface area contributed by atoms with Gasteiger partial charge in [-0.3, -0.25) is 14.9 Å². The van der Waals surface area contributed by atoms with Crippen molar-refractivity contribution < 1.29 is 22.9 Å². The number of ether oxygens (including phenoxy) is 1. The Morgan fingerprint density at radius 2 is 1.93 bits per heavy atom. The summed E-state index contributed by atoms with van der Waals surface area (Å²) in [6.45, 7) is 6.16. The summed E-state index contributed by atoms with van der Waals surface area (Å²) in [5, 5.41) is 11.4. The highest BCUT2D eigenvalue weighted by molar-refractivity contribution is 7.87. The summed E-state index contributed by atoms with van der Waals surface area (Å²) in [5.74, 6) is -0.188. The molecule has 1 unspecified atom stereocenters. The number of carbonyl (C=O) groups is 1. The lowest BCUT2D eigenvalue weighted by Gasteiger charge is -2.31. The van der Waals surface area contributed by atoms with Gasteiger partial charge in [-0.2, -0.15) is 17.4 Å². The average molecular weight is 413 g/mol. The number of hydrogen-bond acceptors (Lipinski definition) is 6. The van der Waals surface area contributed by atoms with Crippen LogP contribution in [0.1, 0.15) is 51.6 Å². The number of piperidine rings is 1. The molecule has 0 bridgehead atoms. The van der Waals surface area contributed by atoms with Gasteiger partial charge in [-0.15, -0.1) is 0 Å². The summed E-state index contributed by atoms with van der Waals surface area (Å²) in [5.41, 5.74) is -0.123. The maximum atomic E-state index is 12.9. The van der Waals surface area contributed by atoms with E-state index in [1.54, 1.807) is 19.9 Å². The number of carbonyl (C=O) groups excluding carboxylic acids is 1. The number of hydrogen-bond donors (Lipinski definition) is 1. The molecule has 1 aromatic rings. The van der Waals surface area contributed by atoms with E-state index >= 15 is 0 Å². The summed E-state index contributed by atoms with van der Waals surface area (Å²) in [6.07, 6.45) is 0.768. The van der Waals surface area contributed by atoms with Crippen LogP contribution in [0.3, 0.4) is 0 Å². The van der Waals surface area contributed by atoms with Crippen LogP contribution < -0.4 is 4.72 Å². The molecule has 0 aliphatic carbocycles. The molecule has 9 nitrogen and oxygen atoms in total. The Bertz CT molecular complexity index is 803. The van der Waals surface area contributed by atoms with Gasteiger partial charge in [-0.05, 0) is 32.6 Å². The van der Waals surface area contributed by atoms with Gasteiger partial charge in [0.1, 0.15) is 0 Å². The van der Waals surface area contributed by atoms with Crippen LogP contribution in [0.5, 0.6) is 0 Å². The third-order valence-corrected chi connectivity index (χ3v) is 6.25. The molecule has 28 heavy (non-hydrogen) atoms. The van der Waals surface area contributed by atoms with E-state index in [-0.39, 0.29) is 23.8 Å². The lowest BCUT2D eigenvalue weighted by Crippen LogP contribution is -2.46. The SMILES string of the molecule is CC1CCN(S(=O)(=O)NC(CC(=O)OC(C)C)c2ccccc2[N+](=O)[O-])CC1. The molecule has 0 aromatic heterocycles. The smallest absolute Gasteiger partial charge is 0.308 e. The molecule has 10 heteroatoms. The van der Waals surface area contributed by atoms with Crippen LogP contribution in [0.15, 0.2) is 24.3 Å². The van der Waals surface area contributed by atoms with Crippen molar-refractivity contribution in [2.75, 3.05) is 13.1 Å². The lowest BCUT2D eigenvalue weighted by atomic mass is 10.0. The van der Waals surface area contributed by atoms with Crippen molar-refractivity contribution in [1.82, 2.24) is 9.03 Å². The van der Waals surface area contributed by atoms with Crippen molar-refractivity contribution in [2.45, 2.75) is 52.2 Å². The van der Waals surface area contributed by atoms with Gasteiger partial charge in [0.2, 0.25) is 0 Å². The summed E-state index contributed by atoms with van der Waals surface area (Å²) >= 11 is 0. The number of nitro benzene ring substituents is 1. The first kappa shape index (κ1) is 22.3. The molecule has 1 heterocycles. The van der Waals surface area contributed by atoms with E-state index in [9.17, 15) is 23.3 Å². The van der Waals surface area contributed by atoms with E-state index in [0.717, 1.165) is 12.8 Å². The molecule has 1 fully saturated rings. The monoisotopic (exact) mass is 413 g/mol. The molecule has 0 spiro atoms. The highest BCUT2D eigenvalue weighted by atomic mass is 32.2. The first-order chi connectivity index (χ1) is 13.1. The highest BCUT2D eigenvalue weighted by Gasteiger charge is 2.33. The number of benzene rings is 1. The summed E-state index contributed by atoms with van der Waals surface area (Å²) in [6, 6.07) is 4.70. The number of nitro groups is 1. The molecule has 1 aliphatic rings. The first-order valence-electron chi connectivity index (χ1n) is 9.30. The molecule has 0 radical (unpaired) electrons. The standard InChI is InChI=1S/C18H27N3O6S/c1-13(2)27-18(22)12-16(15-6-4-5-7-17(15)21(23)24)19-28(25,26)20-10-8-14(3)9-11-20/h4-7,13-14,16,19H,8-12H2,1-3H3. The van der Waals surface area contributed by atoms with Crippen LogP contribution in [-0.4, -0.2) is 42.8 Å². The maximum Gasteiger partial charge on any atom is 0.308 e. The fourth-order valence-electron chi connectivity index (χ4n) is 3.12. The zero-order valence-corrected chi connectivity index (χ0v) is 17.1. The van der Waals surface area contributed by atoms with Crippen LogP contribution in [0, 0.1) is 16.0 Å². The molecule has 156 valence electrons. The Kier molecular flexibility index (Phi) is 7.50. The van der Waals surface area contributed by atoms with Crippen molar-refractivity contribution in [2.24, 2.45) is 5.92 Å². The minimum Gasteiger partial charge on any atom is -0.463 e. The molecule has 1 saturated heterocycles. The molecular formula is C18H27N3O6S. The minimum absolute atomic E-state index is 0.127. The van der Waals surface area contributed by atoms with Gasteiger partial charge >= 0.3 is 5.97 Å². The van der Waals surface area contributed by atoms with E-state index in [2.05, 4.69) is 11.6 Å². The molecule has 2 rings (SSSR count). The normalized spacial score (nSPS) is 17.4. The molecule has 0 amide bonds. The largest absolute Gasteiger partial charge is 0.463 e.